The van der Waals surface area contributed by atoms with Gasteiger partial charge in [0.25, 0.3) is 0 Å². The Morgan fingerprint density at radius 2 is 1.96 bits per heavy atom. The number of piperidine rings is 1. The molecule has 2 saturated heterocycles. The molecule has 0 aliphatic carbocycles. The van der Waals surface area contributed by atoms with Gasteiger partial charge in [0, 0.05) is 32.7 Å². The molecule has 4 heteroatoms. The van der Waals surface area contributed by atoms with E-state index in [0.717, 1.165) is 58.4 Å². The van der Waals surface area contributed by atoms with Crippen molar-refractivity contribution in [1.82, 2.24) is 10.2 Å². The Morgan fingerprint density at radius 1 is 1.17 bits per heavy atom. The first kappa shape index (κ1) is 16.1. The maximum Gasteiger partial charge on any atom is 0.241 e. The van der Waals surface area contributed by atoms with Gasteiger partial charge >= 0.3 is 0 Å². The number of hydrogen-bond acceptors (Lipinski definition) is 3. The molecule has 1 N–H and O–H groups in total. The van der Waals surface area contributed by atoms with E-state index in [2.05, 4.69) is 34.5 Å². The molecular formula is C20H28N2O2. The zero-order chi connectivity index (χ0) is 16.4. The van der Waals surface area contributed by atoms with Gasteiger partial charge in [0.15, 0.2) is 0 Å². The average Bonchev–Trinajstić information content (AvgIpc) is 2.76. The number of carbonyl (C=O) groups is 1. The standard InChI is InChI=1S/C20H28N2O2/c23-19-20(13-17-5-1-2-6-18(17)14-21-19)9-3-4-10-22(20)15-16-7-11-24-12-8-16/h1-2,5-6,16H,3-4,7-15H2,(H,21,23). The van der Waals surface area contributed by atoms with E-state index in [1.54, 1.807) is 0 Å². The van der Waals surface area contributed by atoms with Gasteiger partial charge in [-0.1, -0.05) is 24.3 Å². The lowest BCUT2D eigenvalue weighted by molar-refractivity contribution is -0.137. The van der Waals surface area contributed by atoms with Gasteiger partial charge < -0.3 is 10.1 Å². The normalized spacial score (nSPS) is 29.1. The number of nitrogens with one attached hydrogen (secondary N) is 1. The Morgan fingerprint density at radius 3 is 2.79 bits per heavy atom. The van der Waals surface area contributed by atoms with Gasteiger partial charge in [-0.3, -0.25) is 9.69 Å². The van der Waals surface area contributed by atoms with Gasteiger partial charge in [0.05, 0.1) is 0 Å². The molecule has 4 rings (SSSR count). The highest BCUT2D eigenvalue weighted by Crippen LogP contribution is 2.36. The fourth-order valence-corrected chi connectivity index (χ4v) is 4.69. The minimum absolute atomic E-state index is 0.241. The van der Waals surface area contributed by atoms with E-state index in [0.29, 0.717) is 12.5 Å². The second-order valence-electron chi connectivity index (χ2n) is 7.62. The fraction of sp³-hybridized carbons (Fsp3) is 0.650. The molecule has 0 aromatic heterocycles. The van der Waals surface area contributed by atoms with Crippen LogP contribution in [0, 0.1) is 5.92 Å². The first-order valence-corrected chi connectivity index (χ1v) is 9.46. The van der Waals surface area contributed by atoms with Crippen molar-refractivity contribution in [3.05, 3.63) is 35.4 Å². The fourth-order valence-electron chi connectivity index (χ4n) is 4.69. The molecule has 3 aliphatic rings. The largest absolute Gasteiger partial charge is 0.381 e. The first-order chi connectivity index (χ1) is 11.8. The summed E-state index contributed by atoms with van der Waals surface area (Å²) >= 11 is 0. The van der Waals surface area contributed by atoms with Gasteiger partial charge in [-0.05, 0) is 55.7 Å². The highest BCUT2D eigenvalue weighted by molar-refractivity contribution is 5.87. The van der Waals surface area contributed by atoms with Crippen molar-refractivity contribution in [1.29, 1.82) is 0 Å². The lowest BCUT2D eigenvalue weighted by Crippen LogP contribution is -2.62. The van der Waals surface area contributed by atoms with E-state index in [9.17, 15) is 4.79 Å². The van der Waals surface area contributed by atoms with Crippen LogP contribution in [0.5, 0.6) is 0 Å². The van der Waals surface area contributed by atoms with Crippen molar-refractivity contribution < 1.29 is 9.53 Å². The molecule has 130 valence electrons. The molecule has 2 fully saturated rings. The van der Waals surface area contributed by atoms with E-state index in [1.165, 1.54) is 17.5 Å². The van der Waals surface area contributed by atoms with E-state index in [4.69, 9.17) is 4.74 Å². The zero-order valence-corrected chi connectivity index (χ0v) is 14.4. The minimum Gasteiger partial charge on any atom is -0.381 e. The van der Waals surface area contributed by atoms with E-state index >= 15 is 0 Å². The molecule has 1 amide bonds. The summed E-state index contributed by atoms with van der Waals surface area (Å²) in [7, 11) is 0. The zero-order valence-electron chi connectivity index (χ0n) is 14.4. The molecule has 0 bridgehead atoms. The van der Waals surface area contributed by atoms with Crippen molar-refractivity contribution in [2.24, 2.45) is 5.92 Å². The van der Waals surface area contributed by atoms with Crippen LogP contribution in [0.1, 0.15) is 43.2 Å². The molecular weight excluding hydrogens is 300 g/mol. The van der Waals surface area contributed by atoms with E-state index in [1.807, 2.05) is 0 Å². The quantitative estimate of drug-likeness (QED) is 0.907. The summed E-state index contributed by atoms with van der Waals surface area (Å²) in [5, 5.41) is 3.22. The monoisotopic (exact) mass is 328 g/mol. The van der Waals surface area contributed by atoms with Gasteiger partial charge in [-0.25, -0.2) is 0 Å². The number of amides is 1. The van der Waals surface area contributed by atoms with E-state index < -0.39 is 0 Å². The Hall–Kier alpha value is -1.39. The molecule has 1 unspecified atom stereocenters. The molecule has 3 heterocycles. The SMILES string of the molecule is O=C1NCc2ccccc2CC12CCCCN2CC1CCOCC1. The third-order valence-electron chi connectivity index (χ3n) is 6.16. The molecule has 1 aromatic rings. The molecule has 0 radical (unpaired) electrons. The van der Waals surface area contributed by atoms with Crippen LogP contribution in [-0.2, 0) is 22.5 Å². The number of benzene rings is 1. The third-order valence-corrected chi connectivity index (χ3v) is 6.16. The molecule has 4 nitrogen and oxygen atoms in total. The van der Waals surface area contributed by atoms with Crippen LogP contribution in [-0.4, -0.2) is 42.6 Å². The van der Waals surface area contributed by atoms with Gasteiger partial charge in [-0.2, -0.15) is 0 Å². The maximum atomic E-state index is 13.1. The van der Waals surface area contributed by atoms with Crippen LogP contribution in [0.2, 0.25) is 0 Å². The molecule has 1 spiro atoms. The number of fused-ring (bicyclic) bond motifs is 1. The van der Waals surface area contributed by atoms with Crippen LogP contribution in [0.3, 0.4) is 0 Å². The van der Waals surface area contributed by atoms with Crippen molar-refractivity contribution in [3.8, 4) is 0 Å². The molecule has 1 aromatic carbocycles. The molecule has 0 saturated carbocycles. The summed E-state index contributed by atoms with van der Waals surface area (Å²) in [5.41, 5.74) is 2.28. The van der Waals surface area contributed by atoms with Crippen LogP contribution in [0.4, 0.5) is 0 Å². The number of carbonyl (C=O) groups excluding carboxylic acids is 1. The van der Waals surface area contributed by atoms with Crippen molar-refractivity contribution in [2.45, 2.75) is 50.6 Å². The maximum absolute atomic E-state index is 13.1. The Kier molecular flexibility index (Phi) is 4.59. The first-order valence-electron chi connectivity index (χ1n) is 9.46. The summed E-state index contributed by atoms with van der Waals surface area (Å²) in [6.07, 6.45) is 6.46. The van der Waals surface area contributed by atoms with Crippen LogP contribution in [0.15, 0.2) is 24.3 Å². The average molecular weight is 328 g/mol. The molecule has 24 heavy (non-hydrogen) atoms. The predicted octanol–water partition coefficient (Wildman–Crippen LogP) is 2.51. The number of ether oxygens (including phenoxy) is 1. The number of likely N-dealkylation sites (tertiary alicyclic amines) is 1. The highest BCUT2D eigenvalue weighted by atomic mass is 16.5. The second-order valence-corrected chi connectivity index (χ2v) is 7.62. The summed E-state index contributed by atoms with van der Waals surface area (Å²) in [5.74, 6) is 0.908. The summed E-state index contributed by atoms with van der Waals surface area (Å²) in [4.78, 5) is 15.7. The number of nitrogens with zero attached hydrogens (tertiary/aromatic N) is 1. The lowest BCUT2D eigenvalue weighted by Gasteiger charge is -2.47. The van der Waals surface area contributed by atoms with Gasteiger partial charge in [0.2, 0.25) is 5.91 Å². The predicted molar refractivity (Wildman–Crippen MR) is 93.7 cm³/mol. The summed E-state index contributed by atoms with van der Waals surface area (Å²) in [6.45, 7) is 4.51. The topological polar surface area (TPSA) is 41.6 Å². The van der Waals surface area contributed by atoms with Crippen molar-refractivity contribution in [3.63, 3.8) is 0 Å². The summed E-state index contributed by atoms with van der Waals surface area (Å²) in [6, 6.07) is 8.54. The Bertz CT molecular complexity index is 597. The van der Waals surface area contributed by atoms with Crippen LogP contribution >= 0.6 is 0 Å². The van der Waals surface area contributed by atoms with Gasteiger partial charge in [0.1, 0.15) is 5.54 Å². The molecule has 1 atom stereocenters. The smallest absolute Gasteiger partial charge is 0.241 e. The van der Waals surface area contributed by atoms with E-state index in [-0.39, 0.29) is 11.4 Å². The van der Waals surface area contributed by atoms with Crippen LogP contribution in [0.25, 0.3) is 0 Å². The van der Waals surface area contributed by atoms with Crippen molar-refractivity contribution >= 4 is 5.91 Å². The third kappa shape index (κ3) is 2.98. The van der Waals surface area contributed by atoms with Crippen molar-refractivity contribution in [2.75, 3.05) is 26.3 Å². The Balaban J connectivity index is 1.62. The minimum atomic E-state index is -0.344. The number of rotatable bonds is 2. The highest BCUT2D eigenvalue weighted by Gasteiger charge is 2.47. The Labute approximate surface area is 144 Å². The van der Waals surface area contributed by atoms with Crippen LogP contribution < -0.4 is 5.32 Å². The van der Waals surface area contributed by atoms with Gasteiger partial charge in [-0.15, -0.1) is 0 Å². The second kappa shape index (κ2) is 6.85. The lowest BCUT2D eigenvalue weighted by atomic mass is 9.79. The molecule has 3 aliphatic heterocycles. The number of hydrogen-bond donors (Lipinski definition) is 1. The summed E-state index contributed by atoms with van der Waals surface area (Å²) < 4.78 is 5.52.